The molecule has 1 aromatic heterocycles. The molecule has 0 unspecified atom stereocenters. The first-order chi connectivity index (χ1) is 15.0. The van der Waals surface area contributed by atoms with Crippen molar-refractivity contribution < 1.29 is 9.59 Å². The molecule has 1 aliphatic rings. The minimum absolute atomic E-state index is 0.0758. The summed E-state index contributed by atoms with van der Waals surface area (Å²) in [6.45, 7) is 0. The number of anilines is 2. The number of amides is 2. The van der Waals surface area contributed by atoms with Gasteiger partial charge in [-0.05, 0) is 37.1 Å². The molecule has 2 aromatic carbocycles. The predicted octanol–water partition coefficient (Wildman–Crippen LogP) is 5.51. The number of aryl methyl sites for hydroxylation is 1. The number of benzene rings is 2. The van der Waals surface area contributed by atoms with Crippen LogP contribution < -0.4 is 10.6 Å². The minimum atomic E-state index is -0.260. The summed E-state index contributed by atoms with van der Waals surface area (Å²) in [5.74, 6) is 0.588. The third-order valence-electron chi connectivity index (χ3n) is 5.66. The summed E-state index contributed by atoms with van der Waals surface area (Å²) in [6.07, 6.45) is 5.37. The second-order valence-corrected chi connectivity index (χ2v) is 8.28. The molecule has 1 aliphatic carbocycles. The van der Waals surface area contributed by atoms with E-state index in [1.54, 1.807) is 28.9 Å². The van der Waals surface area contributed by atoms with E-state index in [1.165, 1.54) is 6.42 Å². The Morgan fingerprint density at radius 1 is 1.00 bits per heavy atom. The van der Waals surface area contributed by atoms with Crippen molar-refractivity contribution >= 4 is 34.9 Å². The quantitative estimate of drug-likeness (QED) is 0.553. The van der Waals surface area contributed by atoms with Crippen LogP contribution in [-0.2, 0) is 11.8 Å². The first-order valence-corrected chi connectivity index (χ1v) is 10.9. The van der Waals surface area contributed by atoms with Crippen LogP contribution in [0.2, 0.25) is 5.02 Å². The van der Waals surface area contributed by atoms with Gasteiger partial charge in [0.1, 0.15) is 5.82 Å². The van der Waals surface area contributed by atoms with Gasteiger partial charge in [0.2, 0.25) is 5.91 Å². The number of aromatic nitrogens is 2. The molecule has 1 heterocycles. The zero-order chi connectivity index (χ0) is 21.8. The van der Waals surface area contributed by atoms with Crippen LogP contribution in [-0.4, -0.2) is 21.6 Å². The average Bonchev–Trinajstić information content (AvgIpc) is 3.15. The Hall–Kier alpha value is -3.12. The summed E-state index contributed by atoms with van der Waals surface area (Å²) >= 11 is 6.09. The van der Waals surface area contributed by atoms with Crippen LogP contribution in [0, 0.1) is 5.92 Å². The highest BCUT2D eigenvalue weighted by Gasteiger charge is 2.22. The lowest BCUT2D eigenvalue weighted by atomic mass is 9.89. The van der Waals surface area contributed by atoms with Crippen molar-refractivity contribution in [2.45, 2.75) is 32.1 Å². The summed E-state index contributed by atoms with van der Waals surface area (Å²) in [6, 6.07) is 16.2. The molecule has 3 aromatic rings. The molecule has 1 saturated carbocycles. The van der Waals surface area contributed by atoms with Crippen molar-refractivity contribution in [2.75, 3.05) is 10.6 Å². The molecule has 0 radical (unpaired) electrons. The van der Waals surface area contributed by atoms with Crippen molar-refractivity contribution in [3.05, 3.63) is 65.2 Å². The van der Waals surface area contributed by atoms with Gasteiger partial charge in [-0.15, -0.1) is 0 Å². The van der Waals surface area contributed by atoms with Gasteiger partial charge >= 0.3 is 0 Å². The number of halogens is 1. The van der Waals surface area contributed by atoms with E-state index < -0.39 is 0 Å². The fourth-order valence-electron chi connectivity index (χ4n) is 3.89. The van der Waals surface area contributed by atoms with Crippen molar-refractivity contribution in [1.82, 2.24) is 9.78 Å². The number of nitrogens with zero attached hydrogens (tertiary/aromatic N) is 2. The van der Waals surface area contributed by atoms with E-state index in [4.69, 9.17) is 11.6 Å². The van der Waals surface area contributed by atoms with Crippen LogP contribution in [0.3, 0.4) is 0 Å². The molecule has 0 bridgehead atoms. The average molecular weight is 437 g/mol. The largest absolute Gasteiger partial charge is 0.322 e. The normalized spacial score (nSPS) is 14.3. The zero-order valence-corrected chi connectivity index (χ0v) is 18.2. The summed E-state index contributed by atoms with van der Waals surface area (Å²) in [5, 5.41) is 10.8. The smallest absolute Gasteiger partial charge is 0.257 e. The molecule has 2 amide bonds. The van der Waals surface area contributed by atoms with Gasteiger partial charge in [-0.2, -0.15) is 5.10 Å². The molecule has 31 heavy (non-hydrogen) atoms. The Labute approximate surface area is 186 Å². The van der Waals surface area contributed by atoms with Crippen LogP contribution in [0.15, 0.2) is 54.6 Å². The van der Waals surface area contributed by atoms with Crippen molar-refractivity contribution in [3.8, 4) is 11.3 Å². The molecule has 0 spiro atoms. The summed E-state index contributed by atoms with van der Waals surface area (Å²) in [4.78, 5) is 25.0. The van der Waals surface area contributed by atoms with E-state index in [2.05, 4.69) is 15.7 Å². The molecule has 7 heteroatoms. The second-order valence-electron chi connectivity index (χ2n) is 7.87. The lowest BCUT2D eigenvalue weighted by Crippen LogP contribution is -2.25. The van der Waals surface area contributed by atoms with E-state index >= 15 is 0 Å². The highest BCUT2D eigenvalue weighted by molar-refractivity contribution is 6.34. The fraction of sp³-hybridized carbons (Fsp3) is 0.292. The third kappa shape index (κ3) is 4.97. The van der Waals surface area contributed by atoms with Crippen LogP contribution in [0.5, 0.6) is 0 Å². The third-order valence-corrected chi connectivity index (χ3v) is 5.99. The van der Waals surface area contributed by atoms with Crippen molar-refractivity contribution in [1.29, 1.82) is 0 Å². The highest BCUT2D eigenvalue weighted by Crippen LogP contribution is 2.27. The Kier molecular flexibility index (Phi) is 6.37. The van der Waals surface area contributed by atoms with Gasteiger partial charge < -0.3 is 10.6 Å². The Bertz CT molecular complexity index is 1090. The number of rotatable bonds is 5. The predicted molar refractivity (Wildman–Crippen MR) is 123 cm³/mol. The Morgan fingerprint density at radius 2 is 1.71 bits per heavy atom. The SMILES string of the molecule is Cn1nc(-c2ccc(NC(=O)c3ccccc3Cl)cc2)cc1NC(=O)C1CCCCC1. The number of carbonyl (C=O) groups is 2. The van der Waals surface area contributed by atoms with E-state index in [-0.39, 0.29) is 17.7 Å². The van der Waals surface area contributed by atoms with Crippen LogP contribution in [0.1, 0.15) is 42.5 Å². The van der Waals surface area contributed by atoms with E-state index in [1.807, 2.05) is 37.4 Å². The Balaban J connectivity index is 1.43. The van der Waals surface area contributed by atoms with E-state index in [9.17, 15) is 9.59 Å². The van der Waals surface area contributed by atoms with Crippen molar-refractivity contribution in [3.63, 3.8) is 0 Å². The molecule has 0 aliphatic heterocycles. The molecule has 0 saturated heterocycles. The zero-order valence-electron chi connectivity index (χ0n) is 17.4. The van der Waals surface area contributed by atoms with Gasteiger partial charge in [-0.25, -0.2) is 0 Å². The number of hydrogen-bond donors (Lipinski definition) is 2. The van der Waals surface area contributed by atoms with Gasteiger partial charge in [0.25, 0.3) is 5.91 Å². The van der Waals surface area contributed by atoms with Gasteiger partial charge in [0.15, 0.2) is 0 Å². The molecule has 4 rings (SSSR count). The molecule has 0 atom stereocenters. The van der Waals surface area contributed by atoms with Crippen LogP contribution >= 0.6 is 11.6 Å². The number of carbonyl (C=O) groups excluding carboxylic acids is 2. The number of hydrogen-bond acceptors (Lipinski definition) is 3. The van der Waals surface area contributed by atoms with Crippen molar-refractivity contribution in [2.24, 2.45) is 13.0 Å². The highest BCUT2D eigenvalue weighted by atomic mass is 35.5. The van der Waals surface area contributed by atoms with Gasteiger partial charge in [0.05, 0.1) is 16.3 Å². The summed E-state index contributed by atoms with van der Waals surface area (Å²) in [7, 11) is 1.82. The first kappa shape index (κ1) is 21.1. The lowest BCUT2D eigenvalue weighted by molar-refractivity contribution is -0.120. The van der Waals surface area contributed by atoms with Gasteiger partial charge in [-0.3, -0.25) is 14.3 Å². The van der Waals surface area contributed by atoms with Crippen LogP contribution in [0.25, 0.3) is 11.3 Å². The van der Waals surface area contributed by atoms with Gasteiger partial charge in [0, 0.05) is 30.3 Å². The number of nitrogens with one attached hydrogen (secondary N) is 2. The molecular formula is C24H25ClN4O2. The fourth-order valence-corrected chi connectivity index (χ4v) is 4.11. The molecule has 2 N–H and O–H groups in total. The standard InChI is InChI=1S/C24H25ClN4O2/c1-29-22(27-23(30)17-7-3-2-4-8-17)15-21(28-29)16-11-13-18(14-12-16)26-24(31)19-9-5-6-10-20(19)25/h5-6,9-15,17H,2-4,7-8H2,1H3,(H,26,31)(H,27,30). The first-order valence-electron chi connectivity index (χ1n) is 10.5. The molecule has 160 valence electrons. The van der Waals surface area contributed by atoms with E-state index in [0.717, 1.165) is 36.9 Å². The lowest BCUT2D eigenvalue weighted by Gasteiger charge is -2.20. The monoisotopic (exact) mass is 436 g/mol. The summed E-state index contributed by atoms with van der Waals surface area (Å²) in [5.41, 5.74) is 2.74. The molecular weight excluding hydrogens is 412 g/mol. The van der Waals surface area contributed by atoms with Crippen LogP contribution in [0.4, 0.5) is 11.5 Å². The topological polar surface area (TPSA) is 76.0 Å². The maximum atomic E-state index is 12.6. The Morgan fingerprint density at radius 3 is 2.42 bits per heavy atom. The minimum Gasteiger partial charge on any atom is -0.322 e. The molecule has 1 fully saturated rings. The molecule has 6 nitrogen and oxygen atoms in total. The maximum absolute atomic E-state index is 12.6. The van der Waals surface area contributed by atoms with E-state index in [0.29, 0.717) is 22.1 Å². The van der Waals surface area contributed by atoms with Gasteiger partial charge in [-0.1, -0.05) is 55.1 Å². The summed E-state index contributed by atoms with van der Waals surface area (Å²) < 4.78 is 1.68. The second kappa shape index (κ2) is 9.35. The maximum Gasteiger partial charge on any atom is 0.257 e.